The fourth-order valence-electron chi connectivity index (χ4n) is 1.96. The second kappa shape index (κ2) is 4.13. The highest BCUT2D eigenvalue weighted by molar-refractivity contribution is 5.19. The first-order chi connectivity index (χ1) is 7.50. The summed E-state index contributed by atoms with van der Waals surface area (Å²) in [6.45, 7) is 4.61. The highest BCUT2D eigenvalue weighted by atomic mass is 19.2. The van der Waals surface area contributed by atoms with Crippen molar-refractivity contribution >= 4 is 0 Å². The first-order valence-electron chi connectivity index (χ1n) is 5.68. The van der Waals surface area contributed by atoms with Gasteiger partial charge in [-0.15, -0.1) is 0 Å². The molecule has 88 valence electrons. The van der Waals surface area contributed by atoms with Crippen molar-refractivity contribution < 1.29 is 8.78 Å². The van der Waals surface area contributed by atoms with Crippen LogP contribution in [0.1, 0.15) is 32.3 Å². The number of nitrogens with one attached hydrogen (secondary N) is 1. The van der Waals surface area contributed by atoms with Gasteiger partial charge in [-0.2, -0.15) is 0 Å². The van der Waals surface area contributed by atoms with Crippen LogP contribution in [0.15, 0.2) is 18.2 Å². The molecular weight excluding hydrogens is 208 g/mol. The van der Waals surface area contributed by atoms with Crippen LogP contribution in [0.5, 0.6) is 0 Å². The lowest BCUT2D eigenvalue weighted by Gasteiger charge is -2.26. The topological polar surface area (TPSA) is 12.0 Å². The Hall–Kier alpha value is -0.960. The molecule has 0 unspecified atom stereocenters. The van der Waals surface area contributed by atoms with E-state index in [-0.39, 0.29) is 5.54 Å². The molecule has 0 aliphatic heterocycles. The third-order valence-electron chi connectivity index (χ3n) is 3.36. The van der Waals surface area contributed by atoms with E-state index < -0.39 is 11.6 Å². The highest BCUT2D eigenvalue weighted by Crippen LogP contribution is 2.39. The lowest BCUT2D eigenvalue weighted by Crippen LogP contribution is -2.40. The zero-order chi connectivity index (χ0) is 11.8. The minimum absolute atomic E-state index is 0.0127. The second-order valence-corrected chi connectivity index (χ2v) is 5.06. The lowest BCUT2D eigenvalue weighted by atomic mass is 9.98. The Labute approximate surface area is 94.9 Å². The molecule has 0 heterocycles. The Morgan fingerprint density at radius 2 is 2.00 bits per heavy atom. The van der Waals surface area contributed by atoms with Gasteiger partial charge in [0.2, 0.25) is 0 Å². The van der Waals surface area contributed by atoms with E-state index in [1.54, 1.807) is 12.1 Å². The number of benzene rings is 1. The van der Waals surface area contributed by atoms with Crippen molar-refractivity contribution in [2.45, 2.75) is 38.8 Å². The Morgan fingerprint density at radius 1 is 1.31 bits per heavy atom. The van der Waals surface area contributed by atoms with Crippen molar-refractivity contribution in [2.75, 3.05) is 0 Å². The standard InChI is InChI=1S/C13H17F2N/c1-13(2,10-6-7-10)16-8-9-4-3-5-11(14)12(9)15/h3-5,10,16H,6-8H2,1-2H3. The molecule has 0 radical (unpaired) electrons. The van der Waals surface area contributed by atoms with E-state index in [1.165, 1.54) is 12.8 Å². The summed E-state index contributed by atoms with van der Waals surface area (Å²) < 4.78 is 26.3. The summed E-state index contributed by atoms with van der Waals surface area (Å²) >= 11 is 0. The molecule has 0 aromatic heterocycles. The van der Waals surface area contributed by atoms with Gasteiger partial charge in [-0.25, -0.2) is 8.78 Å². The molecule has 1 aromatic rings. The van der Waals surface area contributed by atoms with Gasteiger partial charge in [0.25, 0.3) is 0 Å². The zero-order valence-corrected chi connectivity index (χ0v) is 9.69. The Balaban J connectivity index is 2.01. The molecule has 1 N–H and O–H groups in total. The van der Waals surface area contributed by atoms with Crippen molar-refractivity contribution in [2.24, 2.45) is 5.92 Å². The van der Waals surface area contributed by atoms with Gasteiger partial charge in [-0.1, -0.05) is 12.1 Å². The summed E-state index contributed by atoms with van der Waals surface area (Å²) in [5.74, 6) is -0.839. The first-order valence-corrected chi connectivity index (χ1v) is 5.68. The molecule has 0 bridgehead atoms. The van der Waals surface area contributed by atoms with Gasteiger partial charge >= 0.3 is 0 Å². The average molecular weight is 225 g/mol. The van der Waals surface area contributed by atoms with Crippen molar-refractivity contribution in [3.63, 3.8) is 0 Å². The Bertz CT molecular complexity index is 384. The number of hydrogen-bond donors (Lipinski definition) is 1. The van der Waals surface area contributed by atoms with Gasteiger partial charge < -0.3 is 5.32 Å². The van der Waals surface area contributed by atoms with Crippen LogP contribution in [-0.2, 0) is 6.54 Å². The number of rotatable bonds is 4. The molecule has 1 aliphatic carbocycles. The van der Waals surface area contributed by atoms with Gasteiger partial charge in [0.05, 0.1) is 0 Å². The van der Waals surface area contributed by atoms with Crippen LogP contribution in [0.4, 0.5) is 8.78 Å². The van der Waals surface area contributed by atoms with E-state index in [0.29, 0.717) is 18.0 Å². The highest BCUT2D eigenvalue weighted by Gasteiger charge is 2.37. The molecule has 1 saturated carbocycles. The van der Waals surface area contributed by atoms with Crippen LogP contribution in [0, 0.1) is 17.6 Å². The molecule has 1 nitrogen and oxygen atoms in total. The molecular formula is C13H17F2N. The molecule has 1 fully saturated rings. The molecule has 1 aliphatic rings. The summed E-state index contributed by atoms with van der Waals surface area (Å²) in [7, 11) is 0. The van der Waals surface area contributed by atoms with Gasteiger partial charge in [0.1, 0.15) is 0 Å². The summed E-state index contributed by atoms with van der Waals surface area (Å²) in [5, 5.41) is 3.30. The molecule has 3 heteroatoms. The van der Waals surface area contributed by atoms with E-state index in [0.717, 1.165) is 6.07 Å². The van der Waals surface area contributed by atoms with E-state index in [1.807, 2.05) is 0 Å². The molecule has 16 heavy (non-hydrogen) atoms. The van der Waals surface area contributed by atoms with Crippen LogP contribution in [-0.4, -0.2) is 5.54 Å². The monoisotopic (exact) mass is 225 g/mol. The quantitative estimate of drug-likeness (QED) is 0.829. The second-order valence-electron chi connectivity index (χ2n) is 5.06. The Kier molecular flexibility index (Phi) is 2.98. The minimum atomic E-state index is -0.775. The third-order valence-corrected chi connectivity index (χ3v) is 3.36. The van der Waals surface area contributed by atoms with Gasteiger partial charge in [0, 0.05) is 17.6 Å². The van der Waals surface area contributed by atoms with Gasteiger partial charge in [-0.3, -0.25) is 0 Å². The maximum Gasteiger partial charge on any atom is 0.163 e. The average Bonchev–Trinajstić information content (AvgIpc) is 3.04. The van der Waals surface area contributed by atoms with Crippen LogP contribution >= 0.6 is 0 Å². The fraction of sp³-hybridized carbons (Fsp3) is 0.538. The van der Waals surface area contributed by atoms with E-state index >= 15 is 0 Å². The molecule has 1 aromatic carbocycles. The van der Waals surface area contributed by atoms with Crippen molar-refractivity contribution in [3.8, 4) is 0 Å². The number of halogens is 2. The largest absolute Gasteiger partial charge is 0.307 e. The molecule has 0 spiro atoms. The van der Waals surface area contributed by atoms with Crippen molar-refractivity contribution in [1.82, 2.24) is 5.32 Å². The van der Waals surface area contributed by atoms with Crippen LogP contribution in [0.3, 0.4) is 0 Å². The Morgan fingerprint density at radius 3 is 2.62 bits per heavy atom. The summed E-state index contributed by atoms with van der Waals surface area (Å²) in [6.07, 6.45) is 2.46. The zero-order valence-electron chi connectivity index (χ0n) is 9.69. The predicted octanol–water partition coefficient (Wildman–Crippen LogP) is 3.24. The molecule has 2 rings (SSSR count). The SMILES string of the molecule is CC(C)(NCc1cccc(F)c1F)C1CC1. The predicted molar refractivity (Wildman–Crippen MR) is 60.0 cm³/mol. The van der Waals surface area contributed by atoms with Crippen molar-refractivity contribution in [3.05, 3.63) is 35.4 Å². The lowest BCUT2D eigenvalue weighted by molar-refractivity contribution is 0.335. The minimum Gasteiger partial charge on any atom is -0.307 e. The summed E-state index contributed by atoms with van der Waals surface area (Å²) in [5.41, 5.74) is 0.410. The maximum absolute atomic E-state index is 13.4. The molecule has 0 atom stereocenters. The summed E-state index contributed by atoms with van der Waals surface area (Å²) in [6, 6.07) is 4.30. The van der Waals surface area contributed by atoms with E-state index in [2.05, 4.69) is 19.2 Å². The van der Waals surface area contributed by atoms with Crippen molar-refractivity contribution in [1.29, 1.82) is 0 Å². The molecule has 0 saturated heterocycles. The van der Waals surface area contributed by atoms with Gasteiger partial charge in [0.15, 0.2) is 11.6 Å². The first kappa shape index (κ1) is 11.5. The van der Waals surface area contributed by atoms with E-state index in [4.69, 9.17) is 0 Å². The van der Waals surface area contributed by atoms with Crippen LogP contribution in [0.25, 0.3) is 0 Å². The number of hydrogen-bond acceptors (Lipinski definition) is 1. The van der Waals surface area contributed by atoms with Gasteiger partial charge in [-0.05, 0) is 38.7 Å². The smallest absolute Gasteiger partial charge is 0.163 e. The van der Waals surface area contributed by atoms with Crippen LogP contribution in [0.2, 0.25) is 0 Å². The summed E-state index contributed by atoms with van der Waals surface area (Å²) in [4.78, 5) is 0. The van der Waals surface area contributed by atoms with Crippen LogP contribution < -0.4 is 5.32 Å². The molecule has 0 amide bonds. The fourth-order valence-corrected chi connectivity index (χ4v) is 1.96. The normalized spacial score (nSPS) is 16.5. The maximum atomic E-state index is 13.4. The third kappa shape index (κ3) is 2.40. The van der Waals surface area contributed by atoms with E-state index in [9.17, 15) is 8.78 Å².